The molecule has 2 saturated heterocycles. The van der Waals surface area contributed by atoms with E-state index in [9.17, 15) is 5.11 Å². The zero-order valence-corrected chi connectivity index (χ0v) is 5.72. The molecule has 0 spiro atoms. The molecule has 1 saturated carbocycles. The van der Waals surface area contributed by atoms with Gasteiger partial charge < -0.3 is 10.4 Å². The third-order valence-corrected chi connectivity index (χ3v) is 2.41. The van der Waals surface area contributed by atoms with Crippen LogP contribution in [-0.4, -0.2) is 22.8 Å². The Labute approximate surface area is 55.3 Å². The standard InChI is InChI=1S/C7H13NO/c1-7(9)3-5-2-6(4-7)8-5/h5-6,8-9H,2-4H2,1H3. The van der Waals surface area contributed by atoms with E-state index < -0.39 is 0 Å². The van der Waals surface area contributed by atoms with Crippen molar-refractivity contribution in [1.29, 1.82) is 0 Å². The van der Waals surface area contributed by atoms with Crippen LogP contribution in [0.1, 0.15) is 26.2 Å². The molecule has 2 bridgehead atoms. The second-order valence-corrected chi connectivity index (χ2v) is 3.70. The molecule has 2 heteroatoms. The van der Waals surface area contributed by atoms with Crippen LogP contribution in [0.5, 0.6) is 0 Å². The first-order valence-electron chi connectivity index (χ1n) is 3.64. The lowest BCUT2D eigenvalue weighted by molar-refractivity contribution is -0.0420. The van der Waals surface area contributed by atoms with Crippen molar-refractivity contribution in [1.82, 2.24) is 5.32 Å². The molecule has 52 valence electrons. The van der Waals surface area contributed by atoms with Crippen molar-refractivity contribution in [3.63, 3.8) is 0 Å². The summed E-state index contributed by atoms with van der Waals surface area (Å²) < 4.78 is 0. The van der Waals surface area contributed by atoms with Gasteiger partial charge in [0.25, 0.3) is 0 Å². The first-order chi connectivity index (χ1) is 4.16. The van der Waals surface area contributed by atoms with E-state index in [1.165, 1.54) is 6.42 Å². The minimum absolute atomic E-state index is 0.362. The highest BCUT2D eigenvalue weighted by Crippen LogP contribution is 2.34. The van der Waals surface area contributed by atoms with Gasteiger partial charge in [-0.05, 0) is 26.2 Å². The Morgan fingerprint density at radius 3 is 2.11 bits per heavy atom. The van der Waals surface area contributed by atoms with Crippen LogP contribution in [0.2, 0.25) is 0 Å². The van der Waals surface area contributed by atoms with Crippen LogP contribution in [0.4, 0.5) is 0 Å². The van der Waals surface area contributed by atoms with E-state index in [0.29, 0.717) is 12.1 Å². The van der Waals surface area contributed by atoms with E-state index in [1.54, 1.807) is 0 Å². The zero-order chi connectivity index (χ0) is 6.48. The normalized spacial score (nSPS) is 56.7. The monoisotopic (exact) mass is 127 g/mol. The summed E-state index contributed by atoms with van der Waals surface area (Å²) in [6, 6.07) is 1.25. The number of fused-ring (bicyclic) bond motifs is 2. The van der Waals surface area contributed by atoms with Crippen LogP contribution in [0.25, 0.3) is 0 Å². The van der Waals surface area contributed by atoms with Crippen LogP contribution >= 0.6 is 0 Å². The largest absolute Gasteiger partial charge is 0.390 e. The van der Waals surface area contributed by atoms with Crippen LogP contribution in [0.3, 0.4) is 0 Å². The third-order valence-electron chi connectivity index (χ3n) is 2.41. The lowest BCUT2D eigenvalue weighted by Gasteiger charge is -2.49. The summed E-state index contributed by atoms with van der Waals surface area (Å²) in [5.74, 6) is 0. The maximum absolute atomic E-state index is 9.54. The van der Waals surface area contributed by atoms with Gasteiger partial charge in [0, 0.05) is 12.1 Å². The number of nitrogens with one attached hydrogen (secondary N) is 1. The van der Waals surface area contributed by atoms with E-state index in [4.69, 9.17) is 0 Å². The Morgan fingerprint density at radius 2 is 1.89 bits per heavy atom. The van der Waals surface area contributed by atoms with Gasteiger partial charge >= 0.3 is 0 Å². The summed E-state index contributed by atoms with van der Waals surface area (Å²) in [6.45, 7) is 1.94. The smallest absolute Gasteiger partial charge is 0.0649 e. The Hall–Kier alpha value is -0.0800. The molecule has 2 aliphatic heterocycles. The van der Waals surface area contributed by atoms with E-state index >= 15 is 0 Å². The van der Waals surface area contributed by atoms with Crippen LogP contribution < -0.4 is 5.32 Å². The first-order valence-corrected chi connectivity index (χ1v) is 3.64. The van der Waals surface area contributed by atoms with Gasteiger partial charge in [0.05, 0.1) is 5.60 Å². The molecular formula is C7H13NO. The maximum Gasteiger partial charge on any atom is 0.0649 e. The fourth-order valence-electron chi connectivity index (χ4n) is 2.08. The number of aliphatic hydroxyl groups is 1. The van der Waals surface area contributed by atoms with Crippen molar-refractivity contribution < 1.29 is 5.11 Å². The Kier molecular flexibility index (Phi) is 0.945. The molecule has 9 heavy (non-hydrogen) atoms. The van der Waals surface area contributed by atoms with Crippen molar-refractivity contribution in [2.75, 3.05) is 0 Å². The molecule has 0 radical (unpaired) electrons. The fourth-order valence-corrected chi connectivity index (χ4v) is 2.08. The third kappa shape index (κ3) is 0.864. The van der Waals surface area contributed by atoms with Gasteiger partial charge in [0.1, 0.15) is 0 Å². The second kappa shape index (κ2) is 1.50. The quantitative estimate of drug-likeness (QED) is 0.489. The van der Waals surface area contributed by atoms with E-state index in [-0.39, 0.29) is 5.60 Å². The van der Waals surface area contributed by atoms with Crippen molar-refractivity contribution in [2.45, 2.75) is 43.9 Å². The summed E-state index contributed by atoms with van der Waals surface area (Å²) in [5, 5.41) is 12.9. The van der Waals surface area contributed by atoms with Crippen LogP contribution in [-0.2, 0) is 0 Å². The molecule has 0 aromatic heterocycles. The molecule has 2 N–H and O–H groups in total. The van der Waals surface area contributed by atoms with Gasteiger partial charge in [-0.1, -0.05) is 0 Å². The Balaban J connectivity index is 2.04. The molecule has 2 atom stereocenters. The zero-order valence-electron chi connectivity index (χ0n) is 5.72. The van der Waals surface area contributed by atoms with Crippen molar-refractivity contribution in [3.05, 3.63) is 0 Å². The summed E-state index contributed by atoms with van der Waals surface area (Å²) in [7, 11) is 0. The van der Waals surface area contributed by atoms with Gasteiger partial charge in [0.15, 0.2) is 0 Å². The minimum Gasteiger partial charge on any atom is -0.390 e. The molecule has 3 rings (SSSR count). The van der Waals surface area contributed by atoms with Crippen molar-refractivity contribution in [2.24, 2.45) is 0 Å². The van der Waals surface area contributed by atoms with E-state index in [0.717, 1.165) is 12.8 Å². The second-order valence-electron chi connectivity index (χ2n) is 3.70. The van der Waals surface area contributed by atoms with Gasteiger partial charge in [-0.15, -0.1) is 0 Å². The molecule has 2 heterocycles. The highest BCUT2D eigenvalue weighted by molar-refractivity contribution is 5.01. The number of hydrogen-bond acceptors (Lipinski definition) is 2. The molecule has 0 aromatic carbocycles. The summed E-state index contributed by atoms with van der Waals surface area (Å²) in [6.07, 6.45) is 3.18. The van der Waals surface area contributed by atoms with Gasteiger partial charge in [-0.2, -0.15) is 0 Å². The Bertz CT molecular complexity index is 115. The molecular weight excluding hydrogens is 114 g/mol. The van der Waals surface area contributed by atoms with Crippen molar-refractivity contribution >= 4 is 0 Å². The average molecular weight is 127 g/mol. The molecule has 2 unspecified atom stereocenters. The van der Waals surface area contributed by atoms with Gasteiger partial charge in [-0.3, -0.25) is 0 Å². The van der Waals surface area contributed by atoms with Crippen LogP contribution in [0.15, 0.2) is 0 Å². The lowest BCUT2D eigenvalue weighted by atomic mass is 9.74. The molecule has 0 amide bonds. The molecule has 3 aliphatic rings. The summed E-state index contributed by atoms with van der Waals surface area (Å²) in [4.78, 5) is 0. The maximum atomic E-state index is 9.54. The molecule has 0 aromatic rings. The van der Waals surface area contributed by atoms with E-state index in [2.05, 4.69) is 5.32 Å². The molecule has 3 fully saturated rings. The highest BCUT2D eigenvalue weighted by Gasteiger charge is 2.42. The van der Waals surface area contributed by atoms with Gasteiger partial charge in [-0.25, -0.2) is 0 Å². The predicted octanol–water partition coefficient (Wildman–Crippen LogP) is 0.262. The summed E-state index contributed by atoms with van der Waals surface area (Å²) >= 11 is 0. The minimum atomic E-state index is -0.362. The number of rotatable bonds is 0. The SMILES string of the molecule is CC1(O)CC2CC(C1)N2. The Morgan fingerprint density at radius 1 is 1.44 bits per heavy atom. The highest BCUT2D eigenvalue weighted by atomic mass is 16.3. The first kappa shape index (κ1) is 5.69. The summed E-state index contributed by atoms with van der Waals surface area (Å²) in [5.41, 5.74) is -0.362. The van der Waals surface area contributed by atoms with Gasteiger partial charge in [0.2, 0.25) is 0 Å². The van der Waals surface area contributed by atoms with Crippen LogP contribution in [0, 0.1) is 0 Å². The predicted molar refractivity (Wildman–Crippen MR) is 35.2 cm³/mol. The number of piperidine rings is 1. The molecule has 1 aliphatic carbocycles. The topological polar surface area (TPSA) is 32.3 Å². The van der Waals surface area contributed by atoms with E-state index in [1.807, 2.05) is 6.92 Å². The molecule has 2 nitrogen and oxygen atoms in total. The van der Waals surface area contributed by atoms with Crippen molar-refractivity contribution in [3.8, 4) is 0 Å². The number of hydrogen-bond donors (Lipinski definition) is 2. The average Bonchev–Trinajstić information content (AvgIpc) is 1.58. The fraction of sp³-hybridized carbons (Fsp3) is 1.00. The lowest BCUT2D eigenvalue weighted by Crippen LogP contribution is -2.62.